The van der Waals surface area contributed by atoms with Gasteiger partial charge in [-0.1, -0.05) is 0 Å². The van der Waals surface area contributed by atoms with Crippen molar-refractivity contribution in [3.63, 3.8) is 0 Å². The minimum atomic E-state index is -5.00. The highest BCUT2D eigenvalue weighted by atomic mass is 19.4. The van der Waals surface area contributed by atoms with Gasteiger partial charge in [-0.3, -0.25) is 0 Å². The van der Waals surface area contributed by atoms with Crippen LogP contribution in [-0.2, 0) is 0 Å². The molecule has 0 aliphatic carbocycles. The van der Waals surface area contributed by atoms with Crippen LogP contribution in [0.2, 0.25) is 0 Å². The van der Waals surface area contributed by atoms with E-state index < -0.39 is 6.36 Å². The van der Waals surface area contributed by atoms with Gasteiger partial charge in [-0.05, 0) is 0 Å². The van der Waals surface area contributed by atoms with E-state index in [0.29, 0.717) is 0 Å². The van der Waals surface area contributed by atoms with Gasteiger partial charge >= 0.3 is 6.36 Å². The zero-order chi connectivity index (χ0) is 6.50. The molecule has 5 heteroatoms. The van der Waals surface area contributed by atoms with Gasteiger partial charge in [-0.15, -0.1) is 13.2 Å². The van der Waals surface area contributed by atoms with Crippen LogP contribution in [0.3, 0.4) is 0 Å². The first kappa shape index (κ1) is 9.53. The third-order valence-corrected chi connectivity index (χ3v) is 0. The number of aliphatic hydroxyl groups is 1. The Bertz CT molecular complexity index is 49.7. The lowest BCUT2D eigenvalue weighted by molar-refractivity contribution is -0.295. The molecule has 0 aliphatic heterocycles. The summed E-state index contributed by atoms with van der Waals surface area (Å²) in [5.41, 5.74) is 0. The van der Waals surface area contributed by atoms with Crippen molar-refractivity contribution in [1.82, 2.24) is 0 Å². The molecule has 0 heterocycles. The standard InChI is InChI=1S/CHF3O.CHN/c2-1(3,4)5;1-2/h5H;1H. The highest BCUT2D eigenvalue weighted by Crippen LogP contribution is 2.06. The molecule has 0 radical (unpaired) electrons. The van der Waals surface area contributed by atoms with Crippen molar-refractivity contribution in [2.75, 3.05) is 0 Å². The van der Waals surface area contributed by atoms with Crippen LogP contribution in [0.5, 0.6) is 0 Å². The average Bonchev–Trinajstić information content (AvgIpc) is 1.36. The van der Waals surface area contributed by atoms with E-state index in [9.17, 15) is 13.2 Å². The van der Waals surface area contributed by atoms with Crippen LogP contribution in [0.15, 0.2) is 0 Å². The van der Waals surface area contributed by atoms with Gasteiger partial charge in [0.1, 0.15) is 0 Å². The van der Waals surface area contributed by atoms with Gasteiger partial charge in [0.25, 0.3) is 0 Å². The Kier molecular flexibility index (Phi) is 4.67. The fourth-order valence-electron chi connectivity index (χ4n) is 0. The quantitative estimate of drug-likeness (QED) is 0.500. The lowest BCUT2D eigenvalue weighted by atomic mass is 11.4. The van der Waals surface area contributed by atoms with Crippen molar-refractivity contribution in [2.45, 2.75) is 6.36 Å². The minimum Gasteiger partial charge on any atom is -0.308 e. The molecule has 0 amide bonds. The number of hydrogen-bond acceptors (Lipinski definition) is 2. The number of nitriles is 1. The van der Waals surface area contributed by atoms with Gasteiger partial charge < -0.3 is 5.11 Å². The first-order valence-electron chi connectivity index (χ1n) is 1.05. The molecule has 0 atom stereocenters. The molecule has 0 bridgehead atoms. The molecule has 0 rings (SSSR count). The number of nitrogens with zero attached hydrogens (tertiary/aromatic N) is 1. The summed E-state index contributed by atoms with van der Waals surface area (Å²) in [6.45, 7) is 3.50. The van der Waals surface area contributed by atoms with Crippen molar-refractivity contribution in [3.05, 3.63) is 0 Å². The Balaban J connectivity index is 0. The summed E-state index contributed by atoms with van der Waals surface area (Å²) < 4.78 is 29.7. The van der Waals surface area contributed by atoms with Gasteiger partial charge in [-0.2, -0.15) is 0 Å². The second-order valence-electron chi connectivity index (χ2n) is 0.468. The minimum absolute atomic E-state index is 3.50. The largest absolute Gasteiger partial charge is 0.519 e. The molecule has 0 aromatic carbocycles. The Hall–Kier alpha value is -0.760. The van der Waals surface area contributed by atoms with Gasteiger partial charge in [-0.25, -0.2) is 5.26 Å². The molecule has 2 nitrogen and oxygen atoms in total. The molecule has 0 fully saturated rings. The molecule has 0 unspecified atom stereocenters. The van der Waals surface area contributed by atoms with Crippen LogP contribution in [0.4, 0.5) is 13.2 Å². The van der Waals surface area contributed by atoms with Crippen LogP contribution < -0.4 is 0 Å². The number of hydrogen-bond donors (Lipinski definition) is 1. The SMILES string of the molecule is C#N.OC(F)(F)F. The Morgan fingerprint density at radius 2 is 1.29 bits per heavy atom. The summed E-state index contributed by atoms with van der Waals surface area (Å²) in [5, 5.41) is 13.0. The second kappa shape index (κ2) is 3.43. The summed E-state index contributed by atoms with van der Waals surface area (Å²) in [6.07, 6.45) is -5.00. The first-order valence-corrected chi connectivity index (χ1v) is 1.05. The van der Waals surface area contributed by atoms with Gasteiger partial charge in [0.2, 0.25) is 0 Å². The van der Waals surface area contributed by atoms with Crippen molar-refractivity contribution >= 4 is 0 Å². The molecular weight excluding hydrogens is 111 g/mol. The topological polar surface area (TPSA) is 44.0 Å². The first-order chi connectivity index (χ1) is 3.00. The highest BCUT2D eigenvalue weighted by molar-refractivity contribution is 4.06. The monoisotopic (exact) mass is 113 g/mol. The second-order valence-corrected chi connectivity index (χ2v) is 0.468. The average molecular weight is 113 g/mol. The van der Waals surface area contributed by atoms with E-state index in [1.165, 1.54) is 0 Å². The predicted molar refractivity (Wildman–Crippen MR) is 14.9 cm³/mol. The Morgan fingerprint density at radius 1 is 1.29 bits per heavy atom. The Labute approximate surface area is 37.8 Å². The van der Waals surface area contributed by atoms with Crippen molar-refractivity contribution in [1.29, 1.82) is 5.26 Å². The smallest absolute Gasteiger partial charge is 0.308 e. The zero-order valence-electron chi connectivity index (χ0n) is 3.11. The molecule has 7 heavy (non-hydrogen) atoms. The molecular formula is C2H2F3NO. The summed E-state index contributed by atoms with van der Waals surface area (Å²) in [7, 11) is 0. The van der Waals surface area contributed by atoms with Crippen LogP contribution in [-0.4, -0.2) is 11.5 Å². The zero-order valence-corrected chi connectivity index (χ0v) is 3.11. The van der Waals surface area contributed by atoms with Crippen LogP contribution >= 0.6 is 0 Å². The maximum absolute atomic E-state index is 9.91. The lowest BCUT2D eigenvalue weighted by Crippen LogP contribution is -2.01. The molecule has 0 spiro atoms. The number of rotatable bonds is 0. The van der Waals surface area contributed by atoms with E-state index >= 15 is 0 Å². The molecule has 1 N–H and O–H groups in total. The van der Waals surface area contributed by atoms with Crippen LogP contribution in [0.1, 0.15) is 0 Å². The van der Waals surface area contributed by atoms with Gasteiger partial charge in [0.05, 0.1) is 0 Å². The molecule has 0 saturated heterocycles. The maximum atomic E-state index is 9.91. The van der Waals surface area contributed by atoms with E-state index in [2.05, 4.69) is 6.57 Å². The molecule has 0 aliphatic rings. The third kappa shape index (κ3) is 95.2. The molecule has 0 saturated carbocycles. The van der Waals surface area contributed by atoms with Crippen molar-refractivity contribution < 1.29 is 18.3 Å². The fraction of sp³-hybridized carbons (Fsp3) is 0.500. The maximum Gasteiger partial charge on any atom is 0.519 e. The fourth-order valence-corrected chi connectivity index (χ4v) is 0. The van der Waals surface area contributed by atoms with Gasteiger partial charge in [0, 0.05) is 6.57 Å². The van der Waals surface area contributed by atoms with Crippen molar-refractivity contribution in [3.8, 4) is 6.57 Å². The van der Waals surface area contributed by atoms with Crippen LogP contribution in [0, 0.1) is 11.8 Å². The normalized spacial score (nSPS) is 8.86. The van der Waals surface area contributed by atoms with E-state index in [1.807, 2.05) is 0 Å². The van der Waals surface area contributed by atoms with Crippen molar-refractivity contribution in [2.24, 2.45) is 0 Å². The molecule has 0 aromatic heterocycles. The van der Waals surface area contributed by atoms with Crippen LogP contribution in [0.25, 0.3) is 0 Å². The molecule has 0 aromatic rings. The lowest BCUT2D eigenvalue weighted by Gasteiger charge is -1.86. The third-order valence-electron chi connectivity index (χ3n) is 0. The Morgan fingerprint density at radius 3 is 1.29 bits per heavy atom. The number of alkyl halides is 3. The van der Waals surface area contributed by atoms with E-state index in [-0.39, 0.29) is 0 Å². The summed E-state index contributed by atoms with van der Waals surface area (Å²) in [5.74, 6) is 0. The van der Waals surface area contributed by atoms with E-state index in [4.69, 9.17) is 10.4 Å². The van der Waals surface area contributed by atoms with E-state index in [1.54, 1.807) is 0 Å². The summed E-state index contributed by atoms with van der Waals surface area (Å²) >= 11 is 0. The summed E-state index contributed by atoms with van der Waals surface area (Å²) in [6, 6.07) is 0. The van der Waals surface area contributed by atoms with Gasteiger partial charge in [0.15, 0.2) is 0 Å². The highest BCUT2D eigenvalue weighted by Gasteiger charge is 2.20. The van der Waals surface area contributed by atoms with E-state index in [0.717, 1.165) is 0 Å². The molecule has 42 valence electrons. The summed E-state index contributed by atoms with van der Waals surface area (Å²) in [4.78, 5) is 0. The number of halogens is 3. The predicted octanol–water partition coefficient (Wildman–Crippen LogP) is 0.638.